The average molecular weight is 249 g/mol. The van der Waals surface area contributed by atoms with Gasteiger partial charge in [-0.15, -0.1) is 0 Å². The molecule has 0 amide bonds. The number of hydrogen-bond acceptors (Lipinski definition) is 3. The lowest BCUT2D eigenvalue weighted by Gasteiger charge is -2.13. The Morgan fingerprint density at radius 2 is 2.28 bits per heavy atom. The number of nitrogens with zero attached hydrogens (tertiary/aromatic N) is 2. The predicted molar refractivity (Wildman–Crippen MR) is 66.8 cm³/mol. The summed E-state index contributed by atoms with van der Waals surface area (Å²) in [6.45, 7) is 0. The highest BCUT2D eigenvalue weighted by molar-refractivity contribution is 5.31. The summed E-state index contributed by atoms with van der Waals surface area (Å²) in [5.74, 6) is 0.612. The van der Waals surface area contributed by atoms with E-state index < -0.39 is 0 Å². The van der Waals surface area contributed by atoms with E-state index in [0.29, 0.717) is 12.0 Å². The monoisotopic (exact) mass is 249 g/mol. The number of aromatic nitrogens is 2. The van der Waals surface area contributed by atoms with Crippen LogP contribution in [0.15, 0.2) is 30.6 Å². The van der Waals surface area contributed by atoms with Gasteiger partial charge >= 0.3 is 0 Å². The summed E-state index contributed by atoms with van der Waals surface area (Å²) in [7, 11) is 3.31. The Bertz CT molecular complexity index is 539. The molecular weight excluding hydrogens is 233 g/mol. The van der Waals surface area contributed by atoms with Gasteiger partial charge in [0, 0.05) is 19.4 Å². The Balaban J connectivity index is 2.22. The fourth-order valence-electron chi connectivity index (χ4n) is 1.93. The summed E-state index contributed by atoms with van der Waals surface area (Å²) in [5, 5.41) is 0. The molecule has 0 saturated heterocycles. The van der Waals surface area contributed by atoms with Gasteiger partial charge in [0.05, 0.1) is 13.2 Å². The molecule has 5 heteroatoms. The van der Waals surface area contributed by atoms with Crippen LogP contribution < -0.4 is 10.5 Å². The van der Waals surface area contributed by atoms with E-state index in [2.05, 4.69) is 4.98 Å². The minimum Gasteiger partial charge on any atom is -0.494 e. The van der Waals surface area contributed by atoms with Gasteiger partial charge in [-0.3, -0.25) is 0 Å². The van der Waals surface area contributed by atoms with E-state index in [1.165, 1.54) is 7.11 Å². The first kappa shape index (κ1) is 12.6. The van der Waals surface area contributed by atoms with Crippen LogP contribution in [0.25, 0.3) is 0 Å². The Labute approximate surface area is 105 Å². The van der Waals surface area contributed by atoms with Crippen molar-refractivity contribution in [1.82, 2.24) is 9.55 Å². The number of nitrogens with two attached hydrogens (primary N) is 1. The zero-order chi connectivity index (χ0) is 13.1. The Kier molecular flexibility index (Phi) is 3.62. The summed E-state index contributed by atoms with van der Waals surface area (Å²) in [4.78, 5) is 4.17. The maximum absolute atomic E-state index is 14.0. The molecule has 1 heterocycles. The van der Waals surface area contributed by atoms with E-state index in [1.807, 2.05) is 17.8 Å². The first-order chi connectivity index (χ1) is 8.63. The molecule has 0 aliphatic carbocycles. The van der Waals surface area contributed by atoms with Crippen LogP contribution >= 0.6 is 0 Å². The lowest BCUT2D eigenvalue weighted by atomic mass is 10.0. The average Bonchev–Trinajstić information content (AvgIpc) is 2.78. The van der Waals surface area contributed by atoms with Gasteiger partial charge in [-0.1, -0.05) is 12.1 Å². The smallest absolute Gasteiger partial charge is 0.168 e. The molecule has 96 valence electrons. The minimum atomic E-state index is -0.357. The quantitative estimate of drug-likeness (QED) is 0.899. The van der Waals surface area contributed by atoms with E-state index in [1.54, 1.807) is 24.4 Å². The first-order valence-electron chi connectivity index (χ1n) is 5.67. The molecule has 0 aliphatic heterocycles. The molecule has 0 fully saturated rings. The maximum Gasteiger partial charge on any atom is 0.168 e. The van der Waals surface area contributed by atoms with Crippen LogP contribution in [0.1, 0.15) is 17.4 Å². The second-order valence-corrected chi connectivity index (χ2v) is 4.14. The summed E-state index contributed by atoms with van der Waals surface area (Å²) < 4.78 is 20.7. The Morgan fingerprint density at radius 1 is 1.50 bits per heavy atom. The van der Waals surface area contributed by atoms with Gasteiger partial charge in [-0.05, 0) is 18.1 Å². The van der Waals surface area contributed by atoms with E-state index in [4.69, 9.17) is 10.5 Å². The van der Waals surface area contributed by atoms with E-state index in [-0.39, 0.29) is 17.6 Å². The standard InChI is InChI=1S/C13H16FN3O/c1-17-7-6-16-13(17)10(15)8-9-4-3-5-11(18-2)12(9)14/h3-7,10H,8,15H2,1-2H3. The van der Waals surface area contributed by atoms with Crippen molar-refractivity contribution in [3.05, 3.63) is 47.8 Å². The third kappa shape index (κ3) is 2.36. The highest BCUT2D eigenvalue weighted by Gasteiger charge is 2.15. The fraction of sp³-hybridized carbons (Fsp3) is 0.308. The molecule has 0 radical (unpaired) electrons. The van der Waals surface area contributed by atoms with Gasteiger partial charge in [-0.2, -0.15) is 0 Å². The molecule has 1 aromatic heterocycles. The van der Waals surface area contributed by atoms with Crippen molar-refractivity contribution in [3.63, 3.8) is 0 Å². The summed E-state index contributed by atoms with van der Waals surface area (Å²) >= 11 is 0. The number of methoxy groups -OCH3 is 1. The van der Waals surface area contributed by atoms with E-state index in [0.717, 1.165) is 5.82 Å². The molecule has 18 heavy (non-hydrogen) atoms. The van der Waals surface area contributed by atoms with Gasteiger partial charge in [0.1, 0.15) is 5.82 Å². The SMILES string of the molecule is COc1cccc(CC(N)c2nccn2C)c1F. The zero-order valence-corrected chi connectivity index (χ0v) is 10.4. The molecule has 0 aliphatic rings. The van der Waals surface area contributed by atoms with Gasteiger partial charge in [0.25, 0.3) is 0 Å². The molecular formula is C13H16FN3O. The molecule has 1 aromatic carbocycles. The van der Waals surface area contributed by atoms with Crippen LogP contribution in [0.3, 0.4) is 0 Å². The van der Waals surface area contributed by atoms with Crippen molar-refractivity contribution in [2.45, 2.75) is 12.5 Å². The van der Waals surface area contributed by atoms with Gasteiger partial charge in [0.15, 0.2) is 11.6 Å². The largest absolute Gasteiger partial charge is 0.494 e. The van der Waals surface area contributed by atoms with Gasteiger partial charge in [-0.25, -0.2) is 9.37 Å². The van der Waals surface area contributed by atoms with Crippen LogP contribution in [0.4, 0.5) is 4.39 Å². The second-order valence-electron chi connectivity index (χ2n) is 4.14. The summed E-state index contributed by atoms with van der Waals surface area (Å²) in [6.07, 6.45) is 3.88. The topological polar surface area (TPSA) is 53.1 Å². The fourth-order valence-corrected chi connectivity index (χ4v) is 1.93. The van der Waals surface area contributed by atoms with Gasteiger partial charge < -0.3 is 15.0 Å². The number of benzene rings is 1. The first-order valence-corrected chi connectivity index (χ1v) is 5.67. The van der Waals surface area contributed by atoms with Crippen molar-refractivity contribution in [1.29, 1.82) is 0 Å². The maximum atomic E-state index is 14.0. The molecule has 2 aromatic rings. The van der Waals surface area contributed by atoms with Crippen molar-refractivity contribution >= 4 is 0 Å². The molecule has 0 saturated carbocycles. The zero-order valence-electron chi connectivity index (χ0n) is 10.4. The van der Waals surface area contributed by atoms with Crippen LogP contribution in [-0.2, 0) is 13.5 Å². The lowest BCUT2D eigenvalue weighted by molar-refractivity contribution is 0.383. The van der Waals surface area contributed by atoms with E-state index >= 15 is 0 Å². The molecule has 4 nitrogen and oxygen atoms in total. The molecule has 0 spiro atoms. The van der Waals surface area contributed by atoms with Crippen molar-refractivity contribution in [2.75, 3.05) is 7.11 Å². The number of hydrogen-bond donors (Lipinski definition) is 1. The van der Waals surface area contributed by atoms with Crippen LogP contribution in [0.2, 0.25) is 0 Å². The van der Waals surface area contributed by atoms with Crippen molar-refractivity contribution in [3.8, 4) is 5.75 Å². The molecule has 2 N–H and O–H groups in total. The number of rotatable bonds is 4. The molecule has 1 atom stereocenters. The van der Waals surface area contributed by atoms with Crippen molar-refractivity contribution in [2.24, 2.45) is 12.8 Å². The predicted octanol–water partition coefficient (Wildman–Crippen LogP) is 1.81. The lowest BCUT2D eigenvalue weighted by Crippen LogP contribution is -2.18. The van der Waals surface area contributed by atoms with Crippen molar-refractivity contribution < 1.29 is 9.13 Å². The van der Waals surface area contributed by atoms with Crippen LogP contribution in [-0.4, -0.2) is 16.7 Å². The third-order valence-electron chi connectivity index (χ3n) is 2.89. The number of aryl methyl sites for hydroxylation is 1. The normalized spacial score (nSPS) is 12.4. The molecule has 2 rings (SSSR count). The summed E-state index contributed by atoms with van der Waals surface area (Å²) in [6, 6.07) is 4.71. The summed E-state index contributed by atoms with van der Waals surface area (Å²) in [5.41, 5.74) is 6.57. The highest BCUT2D eigenvalue weighted by atomic mass is 19.1. The van der Waals surface area contributed by atoms with E-state index in [9.17, 15) is 4.39 Å². The highest BCUT2D eigenvalue weighted by Crippen LogP contribution is 2.23. The second kappa shape index (κ2) is 5.18. The number of halogens is 1. The Morgan fingerprint density at radius 3 is 2.89 bits per heavy atom. The molecule has 0 bridgehead atoms. The third-order valence-corrected chi connectivity index (χ3v) is 2.89. The minimum absolute atomic E-state index is 0.236. The number of ether oxygens (including phenoxy) is 1. The Hall–Kier alpha value is -1.88. The van der Waals surface area contributed by atoms with Crippen LogP contribution in [0.5, 0.6) is 5.75 Å². The van der Waals surface area contributed by atoms with Crippen LogP contribution in [0, 0.1) is 5.82 Å². The number of imidazole rings is 1. The molecule has 1 unspecified atom stereocenters. The van der Waals surface area contributed by atoms with Gasteiger partial charge in [0.2, 0.25) is 0 Å².